The molecule has 2 rings (SSSR count). The highest BCUT2D eigenvalue weighted by Gasteiger charge is 2.06. The molecule has 0 aliphatic heterocycles. The largest absolute Gasteiger partial charge is 0.484 e. The van der Waals surface area contributed by atoms with Gasteiger partial charge in [-0.1, -0.05) is 6.92 Å². The maximum Gasteiger partial charge on any atom is 0.262 e. The number of hydrogen-bond acceptors (Lipinski definition) is 5. The van der Waals surface area contributed by atoms with E-state index in [1.807, 2.05) is 6.92 Å². The Kier molecular flexibility index (Phi) is 5.68. The second-order valence-corrected chi connectivity index (χ2v) is 4.73. The topological polar surface area (TPSA) is 77.5 Å². The van der Waals surface area contributed by atoms with E-state index in [1.54, 1.807) is 36.4 Å². The van der Waals surface area contributed by atoms with Gasteiger partial charge in [-0.2, -0.15) is 0 Å². The Balaban J connectivity index is 1.84. The van der Waals surface area contributed by atoms with Crippen LogP contribution in [-0.4, -0.2) is 30.4 Å². The lowest BCUT2D eigenvalue weighted by molar-refractivity contribution is -0.118. The van der Waals surface area contributed by atoms with Crippen LogP contribution in [0.15, 0.2) is 42.6 Å². The van der Waals surface area contributed by atoms with Crippen LogP contribution in [0.4, 0.5) is 5.69 Å². The number of aromatic nitrogens is 1. The maximum atomic E-state index is 11.8. The van der Waals surface area contributed by atoms with Gasteiger partial charge >= 0.3 is 0 Å². The van der Waals surface area contributed by atoms with E-state index in [1.165, 1.54) is 13.3 Å². The quantitative estimate of drug-likeness (QED) is 0.795. The number of Topliss-reactive ketones (excluding diaryl/α,β-unsaturated/α-hetero) is 1. The van der Waals surface area contributed by atoms with E-state index in [9.17, 15) is 9.59 Å². The number of anilines is 1. The number of benzene rings is 1. The molecule has 0 aliphatic rings. The Morgan fingerprint density at radius 1 is 1.13 bits per heavy atom. The zero-order chi connectivity index (χ0) is 16.7. The van der Waals surface area contributed by atoms with Crippen molar-refractivity contribution in [1.29, 1.82) is 0 Å². The van der Waals surface area contributed by atoms with Crippen molar-refractivity contribution in [1.82, 2.24) is 4.98 Å². The van der Waals surface area contributed by atoms with Crippen LogP contribution >= 0.6 is 0 Å². The maximum absolute atomic E-state index is 11.8. The van der Waals surface area contributed by atoms with Gasteiger partial charge in [0.1, 0.15) is 5.75 Å². The Labute approximate surface area is 134 Å². The molecular formula is C17H18N2O4. The van der Waals surface area contributed by atoms with E-state index in [2.05, 4.69) is 10.3 Å². The van der Waals surface area contributed by atoms with Gasteiger partial charge in [-0.25, -0.2) is 4.98 Å². The predicted octanol–water partition coefficient (Wildman–Crippen LogP) is 2.70. The molecule has 2 aromatic rings. The first-order valence-corrected chi connectivity index (χ1v) is 7.18. The predicted molar refractivity (Wildman–Crippen MR) is 86.0 cm³/mol. The number of ether oxygens (including phenoxy) is 2. The molecule has 6 nitrogen and oxygen atoms in total. The molecule has 0 saturated heterocycles. The monoisotopic (exact) mass is 314 g/mol. The van der Waals surface area contributed by atoms with Crippen LogP contribution in [0.2, 0.25) is 0 Å². The van der Waals surface area contributed by atoms with Crippen molar-refractivity contribution in [2.75, 3.05) is 19.0 Å². The van der Waals surface area contributed by atoms with Gasteiger partial charge in [-0.3, -0.25) is 9.59 Å². The van der Waals surface area contributed by atoms with E-state index in [4.69, 9.17) is 9.47 Å². The summed E-state index contributed by atoms with van der Waals surface area (Å²) >= 11 is 0. The summed E-state index contributed by atoms with van der Waals surface area (Å²) in [7, 11) is 1.52. The molecule has 0 spiro atoms. The lowest BCUT2D eigenvalue weighted by Gasteiger charge is -2.08. The molecule has 1 N–H and O–H groups in total. The van der Waals surface area contributed by atoms with E-state index >= 15 is 0 Å². The molecule has 6 heteroatoms. The van der Waals surface area contributed by atoms with Crippen LogP contribution in [0.1, 0.15) is 23.7 Å². The zero-order valence-electron chi connectivity index (χ0n) is 13.0. The first-order chi connectivity index (χ1) is 11.1. The van der Waals surface area contributed by atoms with Gasteiger partial charge in [0, 0.05) is 18.1 Å². The Bertz CT molecular complexity index is 666. The van der Waals surface area contributed by atoms with Crippen molar-refractivity contribution < 1.29 is 19.1 Å². The van der Waals surface area contributed by atoms with Gasteiger partial charge < -0.3 is 14.8 Å². The minimum Gasteiger partial charge on any atom is -0.484 e. The van der Waals surface area contributed by atoms with E-state index in [-0.39, 0.29) is 18.3 Å². The SMILES string of the molecule is CCC(=O)c1ccc(OCC(=O)Nc2ccc(OC)nc2)cc1. The second kappa shape index (κ2) is 7.93. The highest BCUT2D eigenvalue weighted by atomic mass is 16.5. The number of methoxy groups -OCH3 is 1. The normalized spacial score (nSPS) is 10.0. The van der Waals surface area contributed by atoms with Crippen LogP contribution in [0, 0.1) is 0 Å². The number of hydrogen-bond donors (Lipinski definition) is 1. The lowest BCUT2D eigenvalue weighted by Crippen LogP contribution is -2.20. The molecule has 23 heavy (non-hydrogen) atoms. The molecule has 120 valence electrons. The average molecular weight is 314 g/mol. The summed E-state index contributed by atoms with van der Waals surface area (Å²) in [5.74, 6) is 0.772. The Morgan fingerprint density at radius 2 is 1.87 bits per heavy atom. The summed E-state index contributed by atoms with van der Waals surface area (Å²) in [4.78, 5) is 27.3. The Hall–Kier alpha value is -2.89. The number of carbonyl (C=O) groups excluding carboxylic acids is 2. The summed E-state index contributed by atoms with van der Waals surface area (Å²) in [5.41, 5.74) is 1.19. The average Bonchev–Trinajstić information content (AvgIpc) is 2.60. The standard InChI is InChI=1S/C17H18N2O4/c1-3-15(20)12-4-7-14(8-5-12)23-11-16(21)19-13-6-9-17(22-2)18-10-13/h4-10H,3,11H2,1-2H3,(H,19,21). The first-order valence-electron chi connectivity index (χ1n) is 7.18. The third-order valence-electron chi connectivity index (χ3n) is 3.10. The fourth-order valence-electron chi connectivity index (χ4n) is 1.86. The molecule has 1 aromatic carbocycles. The van der Waals surface area contributed by atoms with Crippen LogP contribution in [0.3, 0.4) is 0 Å². The molecule has 0 fully saturated rings. The summed E-state index contributed by atoms with van der Waals surface area (Å²) < 4.78 is 10.3. The van der Waals surface area contributed by atoms with Crippen LogP contribution in [0.5, 0.6) is 11.6 Å². The molecule has 1 aromatic heterocycles. The second-order valence-electron chi connectivity index (χ2n) is 4.73. The smallest absolute Gasteiger partial charge is 0.262 e. The van der Waals surface area contributed by atoms with Gasteiger partial charge in [-0.05, 0) is 30.3 Å². The van der Waals surface area contributed by atoms with E-state index in [0.717, 1.165) is 0 Å². The minimum absolute atomic E-state index is 0.0706. The molecule has 0 bridgehead atoms. The Morgan fingerprint density at radius 3 is 2.43 bits per heavy atom. The van der Waals surface area contributed by atoms with Gasteiger partial charge in [0.15, 0.2) is 12.4 Å². The van der Waals surface area contributed by atoms with Crippen molar-refractivity contribution in [3.05, 3.63) is 48.2 Å². The number of ketones is 1. The van der Waals surface area contributed by atoms with Gasteiger partial charge in [0.05, 0.1) is 19.0 Å². The molecular weight excluding hydrogens is 296 g/mol. The summed E-state index contributed by atoms with van der Waals surface area (Å²) in [5, 5.41) is 2.67. The fraction of sp³-hybridized carbons (Fsp3) is 0.235. The summed E-state index contributed by atoms with van der Waals surface area (Å²) in [6.45, 7) is 1.68. The molecule has 1 heterocycles. The van der Waals surface area contributed by atoms with E-state index < -0.39 is 0 Å². The van der Waals surface area contributed by atoms with Gasteiger partial charge in [0.2, 0.25) is 5.88 Å². The van der Waals surface area contributed by atoms with Crippen molar-refractivity contribution in [3.63, 3.8) is 0 Å². The van der Waals surface area contributed by atoms with Crippen molar-refractivity contribution in [2.45, 2.75) is 13.3 Å². The van der Waals surface area contributed by atoms with Gasteiger partial charge in [-0.15, -0.1) is 0 Å². The highest BCUT2D eigenvalue weighted by Crippen LogP contribution is 2.14. The molecule has 0 unspecified atom stereocenters. The van der Waals surface area contributed by atoms with Crippen LogP contribution < -0.4 is 14.8 Å². The number of pyridine rings is 1. The molecule has 0 aliphatic carbocycles. The summed E-state index contributed by atoms with van der Waals surface area (Å²) in [6, 6.07) is 10.1. The lowest BCUT2D eigenvalue weighted by atomic mass is 10.1. The van der Waals surface area contributed by atoms with Crippen LogP contribution in [-0.2, 0) is 4.79 Å². The number of amides is 1. The van der Waals surface area contributed by atoms with E-state index in [0.29, 0.717) is 29.3 Å². The highest BCUT2D eigenvalue weighted by molar-refractivity contribution is 5.96. The molecule has 0 atom stereocenters. The number of carbonyl (C=O) groups is 2. The minimum atomic E-state index is -0.300. The molecule has 0 radical (unpaired) electrons. The van der Waals surface area contributed by atoms with Crippen LogP contribution in [0.25, 0.3) is 0 Å². The van der Waals surface area contributed by atoms with Crippen molar-refractivity contribution in [3.8, 4) is 11.6 Å². The van der Waals surface area contributed by atoms with Crippen molar-refractivity contribution >= 4 is 17.4 Å². The first kappa shape index (κ1) is 16.5. The number of nitrogens with zero attached hydrogens (tertiary/aromatic N) is 1. The zero-order valence-corrected chi connectivity index (χ0v) is 13.0. The third kappa shape index (κ3) is 4.81. The summed E-state index contributed by atoms with van der Waals surface area (Å²) in [6.07, 6.45) is 1.96. The molecule has 1 amide bonds. The fourth-order valence-corrected chi connectivity index (χ4v) is 1.86. The number of rotatable bonds is 7. The van der Waals surface area contributed by atoms with Crippen molar-refractivity contribution in [2.24, 2.45) is 0 Å². The van der Waals surface area contributed by atoms with Gasteiger partial charge in [0.25, 0.3) is 5.91 Å². The third-order valence-corrected chi connectivity index (χ3v) is 3.10. The number of nitrogens with one attached hydrogen (secondary N) is 1. The molecule has 0 saturated carbocycles.